The zero-order chi connectivity index (χ0) is 21.0. The third-order valence-corrected chi connectivity index (χ3v) is 6.27. The normalized spacial score (nSPS) is 16.4. The zero-order valence-corrected chi connectivity index (χ0v) is 17.1. The quantitative estimate of drug-likeness (QED) is 0.730. The number of piperazine rings is 1. The van der Waals surface area contributed by atoms with Gasteiger partial charge in [0.15, 0.2) is 0 Å². The summed E-state index contributed by atoms with van der Waals surface area (Å²) in [7, 11) is -2.09. The minimum absolute atomic E-state index is 0.449. The highest BCUT2D eigenvalue weighted by molar-refractivity contribution is 7.89. The Hall–Kier alpha value is -2.56. The summed E-state index contributed by atoms with van der Waals surface area (Å²) in [5, 5.41) is 2.62. The smallest absolute Gasteiger partial charge is 0.244 e. The molecule has 1 saturated heterocycles. The van der Waals surface area contributed by atoms with Gasteiger partial charge in [0.2, 0.25) is 15.9 Å². The molecule has 8 nitrogen and oxygen atoms in total. The fourth-order valence-corrected chi connectivity index (χ4v) is 4.23. The van der Waals surface area contributed by atoms with Crippen LogP contribution >= 0.6 is 0 Å². The number of amides is 1. The summed E-state index contributed by atoms with van der Waals surface area (Å²) in [6.45, 7) is 5.06. The average Bonchev–Trinajstić information content (AvgIpc) is 2.69. The third-order valence-electron chi connectivity index (χ3n) is 4.69. The molecule has 0 spiro atoms. The van der Waals surface area contributed by atoms with Gasteiger partial charge in [-0.15, -0.1) is 0 Å². The minimum atomic E-state index is -4.17. The van der Waals surface area contributed by atoms with Gasteiger partial charge in [0.05, 0.1) is 17.9 Å². The number of carbonyl (C=O) groups is 1. The van der Waals surface area contributed by atoms with Crippen molar-refractivity contribution >= 4 is 27.4 Å². The van der Waals surface area contributed by atoms with Crippen LogP contribution in [0.5, 0.6) is 0 Å². The van der Waals surface area contributed by atoms with E-state index in [-0.39, 0.29) is 0 Å². The molecular formula is C19H24FN5O3S. The van der Waals surface area contributed by atoms with Gasteiger partial charge in [-0.2, -0.15) is 4.72 Å². The van der Waals surface area contributed by atoms with E-state index in [9.17, 15) is 17.6 Å². The van der Waals surface area contributed by atoms with Gasteiger partial charge in [-0.3, -0.25) is 4.79 Å². The standard InChI is InChI=1S/C19H24FN5O3S/c1-14(23-29(27,28)17-6-4-3-5-16(17)20)19(26)22-15-7-8-18(21-13-15)25-11-9-24(2)10-12-25/h3-8,13-14,23H,9-12H2,1-2H3,(H,22,26)/t14-/m0/s1. The van der Waals surface area contributed by atoms with Gasteiger partial charge >= 0.3 is 0 Å². The van der Waals surface area contributed by atoms with Gasteiger partial charge in [-0.25, -0.2) is 17.8 Å². The number of benzene rings is 1. The predicted octanol–water partition coefficient (Wildman–Crippen LogP) is 1.28. The maximum atomic E-state index is 13.8. The maximum absolute atomic E-state index is 13.8. The number of nitrogens with zero attached hydrogens (tertiary/aromatic N) is 3. The summed E-state index contributed by atoms with van der Waals surface area (Å²) in [5.74, 6) is -0.625. The summed E-state index contributed by atoms with van der Waals surface area (Å²) < 4.78 is 40.6. The molecule has 2 aromatic rings. The Morgan fingerprint density at radius 2 is 1.83 bits per heavy atom. The van der Waals surface area contributed by atoms with Crippen molar-refractivity contribution in [2.75, 3.05) is 43.4 Å². The summed E-state index contributed by atoms with van der Waals surface area (Å²) >= 11 is 0. The largest absolute Gasteiger partial charge is 0.354 e. The lowest BCUT2D eigenvalue weighted by Crippen LogP contribution is -2.44. The molecule has 0 unspecified atom stereocenters. The number of nitrogens with one attached hydrogen (secondary N) is 2. The molecule has 10 heteroatoms. The van der Waals surface area contributed by atoms with Crippen molar-refractivity contribution in [3.63, 3.8) is 0 Å². The van der Waals surface area contributed by atoms with E-state index in [1.54, 1.807) is 6.07 Å². The summed E-state index contributed by atoms with van der Waals surface area (Å²) in [5.41, 5.74) is 0.449. The van der Waals surface area contributed by atoms with Crippen LogP contribution in [0.4, 0.5) is 15.9 Å². The molecule has 1 amide bonds. The second-order valence-electron chi connectivity index (χ2n) is 6.96. The Bertz CT molecular complexity index is 960. The molecule has 0 saturated carbocycles. The van der Waals surface area contributed by atoms with Gasteiger partial charge in [0.25, 0.3) is 0 Å². The summed E-state index contributed by atoms with van der Waals surface area (Å²) in [4.78, 5) is 20.6. The average molecular weight is 421 g/mol. The number of likely N-dealkylation sites (N-methyl/N-ethyl adjacent to an activating group) is 1. The Kier molecular flexibility index (Phi) is 6.46. The SMILES string of the molecule is C[C@H](NS(=O)(=O)c1ccccc1F)C(=O)Nc1ccc(N2CCN(C)CC2)nc1. The first-order chi connectivity index (χ1) is 13.8. The molecule has 1 fully saturated rings. The topological polar surface area (TPSA) is 94.6 Å². The number of sulfonamides is 1. The number of hydrogen-bond acceptors (Lipinski definition) is 6. The van der Waals surface area contributed by atoms with Crippen LogP contribution in [0.3, 0.4) is 0 Å². The molecule has 1 aromatic heterocycles. The van der Waals surface area contributed by atoms with Crippen molar-refractivity contribution in [2.24, 2.45) is 0 Å². The highest BCUT2D eigenvalue weighted by Gasteiger charge is 2.24. The molecule has 2 N–H and O–H groups in total. The molecule has 156 valence electrons. The Morgan fingerprint density at radius 3 is 2.45 bits per heavy atom. The maximum Gasteiger partial charge on any atom is 0.244 e. The number of aromatic nitrogens is 1. The van der Waals surface area contributed by atoms with Crippen LogP contribution in [0.15, 0.2) is 47.5 Å². The Labute approximate surface area is 169 Å². The highest BCUT2D eigenvalue weighted by Crippen LogP contribution is 2.17. The molecule has 1 aromatic carbocycles. The number of anilines is 2. The van der Waals surface area contributed by atoms with E-state index in [1.807, 2.05) is 6.07 Å². The first kappa shape index (κ1) is 21.2. The second kappa shape index (κ2) is 8.85. The Balaban J connectivity index is 1.60. The van der Waals surface area contributed by atoms with E-state index in [0.29, 0.717) is 5.69 Å². The minimum Gasteiger partial charge on any atom is -0.354 e. The summed E-state index contributed by atoms with van der Waals surface area (Å²) in [6, 6.07) is 7.43. The van der Waals surface area contributed by atoms with Gasteiger partial charge < -0.3 is 15.1 Å². The fourth-order valence-electron chi connectivity index (χ4n) is 2.95. The molecule has 1 aliphatic rings. The molecule has 3 rings (SSSR count). The lowest BCUT2D eigenvalue weighted by Gasteiger charge is -2.33. The van der Waals surface area contributed by atoms with Crippen LogP contribution < -0.4 is 14.9 Å². The van der Waals surface area contributed by atoms with E-state index < -0.39 is 32.7 Å². The van der Waals surface area contributed by atoms with E-state index in [2.05, 4.69) is 31.9 Å². The van der Waals surface area contributed by atoms with Crippen molar-refractivity contribution in [1.82, 2.24) is 14.6 Å². The number of hydrogen-bond donors (Lipinski definition) is 2. The van der Waals surface area contributed by atoms with Gasteiger partial charge in [-0.1, -0.05) is 12.1 Å². The number of pyridine rings is 1. The van der Waals surface area contributed by atoms with Crippen LogP contribution in [0, 0.1) is 5.82 Å². The molecule has 0 bridgehead atoms. The van der Waals surface area contributed by atoms with Gasteiger partial charge in [0, 0.05) is 26.2 Å². The highest BCUT2D eigenvalue weighted by atomic mass is 32.2. The molecule has 1 aliphatic heterocycles. The van der Waals surface area contributed by atoms with Crippen molar-refractivity contribution in [1.29, 1.82) is 0 Å². The first-order valence-electron chi connectivity index (χ1n) is 9.23. The van der Waals surface area contributed by atoms with Gasteiger partial charge in [0.1, 0.15) is 16.5 Å². The van der Waals surface area contributed by atoms with Crippen molar-refractivity contribution < 1.29 is 17.6 Å². The fraction of sp³-hybridized carbons (Fsp3) is 0.368. The van der Waals surface area contributed by atoms with Gasteiger partial charge in [-0.05, 0) is 38.2 Å². The van der Waals surface area contributed by atoms with Crippen LogP contribution in [0.1, 0.15) is 6.92 Å². The van der Waals surface area contributed by atoms with E-state index in [4.69, 9.17) is 0 Å². The molecule has 1 atom stereocenters. The Morgan fingerprint density at radius 1 is 1.14 bits per heavy atom. The van der Waals surface area contributed by atoms with E-state index >= 15 is 0 Å². The molecule has 0 radical (unpaired) electrons. The monoisotopic (exact) mass is 421 g/mol. The predicted molar refractivity (Wildman–Crippen MR) is 109 cm³/mol. The van der Waals surface area contributed by atoms with E-state index in [1.165, 1.54) is 25.3 Å². The first-order valence-corrected chi connectivity index (χ1v) is 10.7. The summed E-state index contributed by atoms with van der Waals surface area (Å²) in [6.07, 6.45) is 1.53. The zero-order valence-electron chi connectivity index (χ0n) is 16.3. The molecular weight excluding hydrogens is 397 g/mol. The van der Waals surface area contributed by atoms with Crippen LogP contribution in [0.2, 0.25) is 0 Å². The van der Waals surface area contributed by atoms with Crippen LogP contribution in [-0.4, -0.2) is 63.5 Å². The number of rotatable bonds is 6. The van der Waals surface area contributed by atoms with Crippen LogP contribution in [0.25, 0.3) is 0 Å². The molecule has 2 heterocycles. The third kappa shape index (κ3) is 5.28. The van der Waals surface area contributed by atoms with Crippen molar-refractivity contribution in [2.45, 2.75) is 17.9 Å². The van der Waals surface area contributed by atoms with E-state index in [0.717, 1.165) is 44.1 Å². The molecule has 0 aliphatic carbocycles. The number of halogens is 1. The lowest BCUT2D eigenvalue weighted by atomic mass is 10.3. The van der Waals surface area contributed by atoms with Crippen LogP contribution in [-0.2, 0) is 14.8 Å². The molecule has 29 heavy (non-hydrogen) atoms. The number of carbonyl (C=O) groups excluding carboxylic acids is 1. The second-order valence-corrected chi connectivity index (χ2v) is 8.64. The van der Waals surface area contributed by atoms with Crippen molar-refractivity contribution in [3.05, 3.63) is 48.4 Å². The lowest BCUT2D eigenvalue weighted by molar-refractivity contribution is -0.117. The van der Waals surface area contributed by atoms with Crippen molar-refractivity contribution in [3.8, 4) is 0 Å².